The van der Waals surface area contributed by atoms with Crippen molar-refractivity contribution in [3.63, 3.8) is 0 Å². The van der Waals surface area contributed by atoms with Crippen molar-refractivity contribution in [1.29, 1.82) is 0 Å². The summed E-state index contributed by atoms with van der Waals surface area (Å²) in [6.07, 6.45) is 5.55. The van der Waals surface area contributed by atoms with Gasteiger partial charge in [0, 0.05) is 40.8 Å². The lowest BCUT2D eigenvalue weighted by atomic mass is 10.2. The van der Waals surface area contributed by atoms with E-state index >= 15 is 0 Å². The number of nitrogens with one attached hydrogen (secondary N) is 1. The fraction of sp³-hybridized carbons (Fsp3) is 0.250. The predicted molar refractivity (Wildman–Crippen MR) is 73.9 cm³/mol. The Labute approximate surface area is 109 Å². The van der Waals surface area contributed by atoms with Crippen molar-refractivity contribution in [2.45, 2.75) is 19.5 Å². The molecule has 0 amide bonds. The molecule has 0 bridgehead atoms. The van der Waals surface area contributed by atoms with Crippen molar-refractivity contribution >= 4 is 27.3 Å². The Hall–Kier alpha value is -1.49. The summed E-state index contributed by atoms with van der Waals surface area (Å²) in [5.74, 6) is 0. The van der Waals surface area contributed by atoms with Crippen molar-refractivity contribution in [2.75, 3.05) is 11.1 Å². The van der Waals surface area contributed by atoms with Gasteiger partial charge < -0.3 is 15.6 Å². The molecule has 1 unspecified atom stereocenters. The lowest BCUT2D eigenvalue weighted by molar-refractivity contribution is 0.618. The van der Waals surface area contributed by atoms with E-state index in [1.54, 1.807) is 6.20 Å². The van der Waals surface area contributed by atoms with Crippen LogP contribution in [0.2, 0.25) is 0 Å². The molecule has 0 saturated carbocycles. The smallest absolute Gasteiger partial charge is 0.0946 e. The first-order valence-corrected chi connectivity index (χ1v) is 6.22. The Balaban J connectivity index is 2.00. The molecule has 4 nitrogen and oxygen atoms in total. The van der Waals surface area contributed by atoms with E-state index in [1.807, 2.05) is 35.3 Å². The summed E-state index contributed by atoms with van der Waals surface area (Å²) in [5.41, 5.74) is 7.50. The van der Waals surface area contributed by atoms with E-state index < -0.39 is 0 Å². The molecule has 1 aromatic heterocycles. The number of imidazole rings is 1. The third-order valence-corrected chi connectivity index (χ3v) is 3.10. The number of rotatable bonds is 4. The Bertz CT molecular complexity index is 481. The Morgan fingerprint density at radius 1 is 1.53 bits per heavy atom. The molecule has 0 aliphatic rings. The molecule has 0 radical (unpaired) electrons. The third kappa shape index (κ3) is 3.23. The Morgan fingerprint density at radius 2 is 2.35 bits per heavy atom. The highest BCUT2D eigenvalue weighted by molar-refractivity contribution is 9.10. The molecule has 1 heterocycles. The zero-order chi connectivity index (χ0) is 12.3. The summed E-state index contributed by atoms with van der Waals surface area (Å²) < 4.78 is 3.03. The first kappa shape index (κ1) is 12.0. The second-order valence-corrected chi connectivity index (χ2v) is 4.90. The van der Waals surface area contributed by atoms with Gasteiger partial charge in [-0.1, -0.05) is 0 Å². The predicted octanol–water partition coefficient (Wildman–Crippen LogP) is 2.73. The van der Waals surface area contributed by atoms with Crippen molar-refractivity contribution < 1.29 is 0 Å². The van der Waals surface area contributed by atoms with Crippen LogP contribution < -0.4 is 11.1 Å². The van der Waals surface area contributed by atoms with Gasteiger partial charge in [0.2, 0.25) is 0 Å². The molecule has 0 aliphatic heterocycles. The molecule has 1 atom stereocenters. The minimum Gasteiger partial charge on any atom is -0.399 e. The normalized spacial score (nSPS) is 12.4. The van der Waals surface area contributed by atoms with E-state index in [1.165, 1.54) is 0 Å². The van der Waals surface area contributed by atoms with Crippen LogP contribution in [0.4, 0.5) is 11.4 Å². The van der Waals surface area contributed by atoms with E-state index in [0.717, 1.165) is 22.4 Å². The van der Waals surface area contributed by atoms with Gasteiger partial charge in [-0.15, -0.1) is 0 Å². The van der Waals surface area contributed by atoms with Gasteiger partial charge in [0.25, 0.3) is 0 Å². The fourth-order valence-electron chi connectivity index (χ4n) is 1.67. The first-order chi connectivity index (χ1) is 8.15. The zero-order valence-corrected chi connectivity index (χ0v) is 11.2. The maximum Gasteiger partial charge on any atom is 0.0946 e. The number of nitrogens with zero attached hydrogens (tertiary/aromatic N) is 2. The average molecular weight is 295 g/mol. The van der Waals surface area contributed by atoms with Gasteiger partial charge in [0.05, 0.1) is 6.33 Å². The van der Waals surface area contributed by atoms with Crippen LogP contribution in [-0.2, 0) is 6.54 Å². The number of halogens is 1. The molecule has 90 valence electrons. The lowest BCUT2D eigenvalue weighted by Crippen LogP contribution is -2.21. The zero-order valence-electron chi connectivity index (χ0n) is 9.60. The molecule has 3 N–H and O–H groups in total. The number of anilines is 2. The molecule has 5 heteroatoms. The molecular formula is C12H15BrN4. The van der Waals surface area contributed by atoms with E-state index in [9.17, 15) is 0 Å². The molecule has 0 spiro atoms. The highest BCUT2D eigenvalue weighted by Gasteiger charge is 2.05. The number of hydrogen-bond acceptors (Lipinski definition) is 3. The van der Waals surface area contributed by atoms with Crippen LogP contribution in [0.5, 0.6) is 0 Å². The van der Waals surface area contributed by atoms with Crippen LogP contribution in [0.3, 0.4) is 0 Å². The van der Waals surface area contributed by atoms with Gasteiger partial charge in [-0.05, 0) is 41.1 Å². The van der Waals surface area contributed by atoms with Crippen molar-refractivity contribution in [1.82, 2.24) is 9.55 Å². The summed E-state index contributed by atoms with van der Waals surface area (Å²) >= 11 is 3.49. The number of nitrogen functional groups attached to an aromatic ring is 1. The fourth-order valence-corrected chi connectivity index (χ4v) is 2.18. The summed E-state index contributed by atoms with van der Waals surface area (Å²) in [5, 5.41) is 3.42. The van der Waals surface area contributed by atoms with Crippen LogP contribution in [0.25, 0.3) is 0 Å². The van der Waals surface area contributed by atoms with Crippen LogP contribution in [-0.4, -0.2) is 15.6 Å². The van der Waals surface area contributed by atoms with Gasteiger partial charge in [-0.2, -0.15) is 0 Å². The second kappa shape index (κ2) is 5.23. The highest BCUT2D eigenvalue weighted by atomic mass is 79.9. The van der Waals surface area contributed by atoms with Gasteiger partial charge in [0.1, 0.15) is 0 Å². The standard InChI is InChI=1S/C12H15BrN4/c1-9(7-17-5-4-15-8-17)16-12-3-2-10(14)6-11(12)13/h2-6,8-9,16H,7,14H2,1H3. The van der Waals surface area contributed by atoms with Crippen molar-refractivity contribution in [2.24, 2.45) is 0 Å². The lowest BCUT2D eigenvalue weighted by Gasteiger charge is -2.17. The van der Waals surface area contributed by atoms with E-state index in [0.29, 0.717) is 6.04 Å². The Morgan fingerprint density at radius 3 is 3.00 bits per heavy atom. The number of hydrogen-bond donors (Lipinski definition) is 2. The maximum atomic E-state index is 5.70. The quantitative estimate of drug-likeness (QED) is 0.853. The van der Waals surface area contributed by atoms with Crippen LogP contribution >= 0.6 is 15.9 Å². The number of benzene rings is 1. The van der Waals surface area contributed by atoms with Gasteiger partial charge in [-0.3, -0.25) is 0 Å². The maximum absolute atomic E-state index is 5.70. The monoisotopic (exact) mass is 294 g/mol. The topological polar surface area (TPSA) is 55.9 Å². The average Bonchev–Trinajstić information content (AvgIpc) is 2.75. The molecule has 2 rings (SSSR count). The first-order valence-electron chi connectivity index (χ1n) is 5.42. The third-order valence-electron chi connectivity index (χ3n) is 2.44. The summed E-state index contributed by atoms with van der Waals surface area (Å²) in [4.78, 5) is 4.02. The molecule has 2 aromatic rings. The highest BCUT2D eigenvalue weighted by Crippen LogP contribution is 2.25. The summed E-state index contributed by atoms with van der Waals surface area (Å²) in [6.45, 7) is 3.00. The minimum atomic E-state index is 0.309. The molecule has 0 fully saturated rings. The summed E-state index contributed by atoms with van der Waals surface area (Å²) in [7, 11) is 0. The second-order valence-electron chi connectivity index (χ2n) is 4.04. The van der Waals surface area contributed by atoms with E-state index in [-0.39, 0.29) is 0 Å². The van der Waals surface area contributed by atoms with Crippen molar-refractivity contribution in [3.8, 4) is 0 Å². The molecule has 1 aromatic carbocycles. The van der Waals surface area contributed by atoms with Crippen LogP contribution in [0.15, 0.2) is 41.4 Å². The van der Waals surface area contributed by atoms with E-state index in [2.05, 4.69) is 33.2 Å². The molecule has 17 heavy (non-hydrogen) atoms. The molecular weight excluding hydrogens is 280 g/mol. The molecule has 0 aliphatic carbocycles. The SMILES string of the molecule is CC(Cn1ccnc1)Nc1ccc(N)cc1Br. The van der Waals surface area contributed by atoms with Gasteiger partial charge in [-0.25, -0.2) is 4.98 Å². The number of nitrogens with two attached hydrogens (primary N) is 1. The minimum absolute atomic E-state index is 0.309. The van der Waals surface area contributed by atoms with Gasteiger partial charge in [0.15, 0.2) is 0 Å². The number of aromatic nitrogens is 2. The van der Waals surface area contributed by atoms with E-state index in [4.69, 9.17) is 5.73 Å². The van der Waals surface area contributed by atoms with Crippen molar-refractivity contribution in [3.05, 3.63) is 41.4 Å². The van der Waals surface area contributed by atoms with Crippen LogP contribution in [0.1, 0.15) is 6.92 Å². The Kier molecular flexibility index (Phi) is 3.68. The molecule has 0 saturated heterocycles. The largest absolute Gasteiger partial charge is 0.399 e. The van der Waals surface area contributed by atoms with Crippen LogP contribution in [0, 0.1) is 0 Å². The summed E-state index contributed by atoms with van der Waals surface area (Å²) in [6, 6.07) is 6.07. The van der Waals surface area contributed by atoms with Gasteiger partial charge >= 0.3 is 0 Å².